The second-order valence-electron chi connectivity index (χ2n) is 5.81. The lowest BCUT2D eigenvalue weighted by atomic mass is 10.2. The summed E-state index contributed by atoms with van der Waals surface area (Å²) in [6.07, 6.45) is 1.57. The van der Waals surface area contributed by atoms with E-state index in [-0.39, 0.29) is 5.91 Å². The molecule has 3 aromatic carbocycles. The zero-order chi connectivity index (χ0) is 19.9. The average Bonchev–Trinajstić information content (AvgIpc) is 2.69. The number of halogens is 3. The molecule has 3 aromatic rings. The lowest BCUT2D eigenvalue weighted by molar-refractivity contribution is 0.0955. The number of nitrogens with one attached hydrogen (secondary N) is 1. The highest BCUT2D eigenvalue weighted by atomic mass is 79.9. The van der Waals surface area contributed by atoms with Crippen molar-refractivity contribution >= 4 is 55.6 Å². The van der Waals surface area contributed by atoms with Crippen LogP contribution in [-0.2, 0) is 6.61 Å². The van der Waals surface area contributed by atoms with Crippen LogP contribution in [0.1, 0.15) is 21.5 Å². The zero-order valence-electron chi connectivity index (χ0n) is 14.5. The van der Waals surface area contributed by atoms with Crippen molar-refractivity contribution in [1.29, 1.82) is 0 Å². The summed E-state index contributed by atoms with van der Waals surface area (Å²) in [7, 11) is 0. The van der Waals surface area contributed by atoms with E-state index in [1.807, 2.05) is 42.5 Å². The molecule has 0 aliphatic rings. The van der Waals surface area contributed by atoms with E-state index < -0.39 is 0 Å². The maximum Gasteiger partial charge on any atom is 0.271 e. The Morgan fingerprint density at radius 1 is 1.04 bits per heavy atom. The molecule has 0 aliphatic heterocycles. The van der Waals surface area contributed by atoms with Crippen molar-refractivity contribution in [3.05, 3.63) is 97.4 Å². The van der Waals surface area contributed by atoms with E-state index in [1.165, 1.54) is 0 Å². The van der Waals surface area contributed by atoms with Crippen molar-refractivity contribution in [3.63, 3.8) is 0 Å². The molecular formula is C21H15Br2ClN2O2. The third kappa shape index (κ3) is 5.92. The molecule has 0 radical (unpaired) electrons. The minimum atomic E-state index is -0.304. The van der Waals surface area contributed by atoms with Crippen molar-refractivity contribution in [1.82, 2.24) is 5.43 Å². The van der Waals surface area contributed by atoms with E-state index in [1.54, 1.807) is 30.5 Å². The Morgan fingerprint density at radius 3 is 2.43 bits per heavy atom. The van der Waals surface area contributed by atoms with E-state index in [0.29, 0.717) is 17.2 Å². The van der Waals surface area contributed by atoms with Gasteiger partial charge in [-0.2, -0.15) is 5.10 Å². The zero-order valence-corrected chi connectivity index (χ0v) is 18.5. The monoisotopic (exact) mass is 520 g/mol. The minimum absolute atomic E-state index is 0.304. The van der Waals surface area contributed by atoms with Gasteiger partial charge in [-0.25, -0.2) is 5.43 Å². The summed E-state index contributed by atoms with van der Waals surface area (Å²) in [4.78, 5) is 12.0. The molecule has 7 heteroatoms. The van der Waals surface area contributed by atoms with Crippen LogP contribution in [0.3, 0.4) is 0 Å². The summed E-state index contributed by atoms with van der Waals surface area (Å²) in [5, 5.41) is 4.57. The molecule has 3 rings (SSSR count). The Bertz CT molecular complexity index is 990. The van der Waals surface area contributed by atoms with Crippen LogP contribution in [0.4, 0.5) is 0 Å². The largest absolute Gasteiger partial charge is 0.488 e. The maximum absolute atomic E-state index is 12.0. The van der Waals surface area contributed by atoms with Gasteiger partial charge in [0.25, 0.3) is 5.91 Å². The lowest BCUT2D eigenvalue weighted by Gasteiger charge is -2.09. The normalized spacial score (nSPS) is 10.8. The number of amides is 1. The molecule has 0 spiro atoms. The first-order valence-corrected chi connectivity index (χ1v) is 10.2. The van der Waals surface area contributed by atoms with E-state index in [9.17, 15) is 4.79 Å². The summed E-state index contributed by atoms with van der Waals surface area (Å²) >= 11 is 12.7. The quantitative estimate of drug-likeness (QED) is 0.309. The highest BCUT2D eigenvalue weighted by Gasteiger charge is 2.05. The fraction of sp³-hybridized carbons (Fsp3) is 0.0476. The number of carbonyl (C=O) groups is 1. The van der Waals surface area contributed by atoms with Crippen LogP contribution in [-0.4, -0.2) is 12.1 Å². The van der Waals surface area contributed by atoms with Crippen LogP contribution in [0.5, 0.6) is 5.75 Å². The van der Waals surface area contributed by atoms with E-state index >= 15 is 0 Å². The van der Waals surface area contributed by atoms with Gasteiger partial charge in [0.1, 0.15) is 12.4 Å². The molecule has 0 unspecified atom stereocenters. The third-order valence-electron chi connectivity index (χ3n) is 3.75. The summed E-state index contributed by atoms with van der Waals surface area (Å²) in [6, 6.07) is 20.1. The molecule has 0 fully saturated rings. The van der Waals surface area contributed by atoms with Gasteiger partial charge in [-0.05, 0) is 81.7 Å². The molecule has 0 aromatic heterocycles. The highest BCUT2D eigenvalue weighted by Crippen LogP contribution is 2.26. The molecule has 28 heavy (non-hydrogen) atoms. The first-order valence-electron chi connectivity index (χ1n) is 8.27. The number of rotatable bonds is 6. The summed E-state index contributed by atoms with van der Waals surface area (Å²) in [6.45, 7) is 0.469. The van der Waals surface area contributed by atoms with Gasteiger partial charge in [0.05, 0.1) is 10.7 Å². The fourth-order valence-electron chi connectivity index (χ4n) is 2.29. The van der Waals surface area contributed by atoms with Crippen LogP contribution in [0.2, 0.25) is 5.02 Å². The number of hydrogen-bond acceptors (Lipinski definition) is 3. The van der Waals surface area contributed by atoms with Gasteiger partial charge < -0.3 is 4.74 Å². The Kier molecular flexibility index (Phi) is 7.25. The topological polar surface area (TPSA) is 50.7 Å². The predicted octanol–water partition coefficient (Wildman–Crippen LogP) is 6.21. The third-order valence-corrected chi connectivity index (χ3v) is 5.15. The smallest absolute Gasteiger partial charge is 0.271 e. The Labute approximate surface area is 184 Å². The summed E-state index contributed by atoms with van der Waals surface area (Å²) in [5.41, 5.74) is 4.87. The van der Waals surface area contributed by atoms with E-state index in [0.717, 1.165) is 25.8 Å². The number of carbonyl (C=O) groups excluding carboxylic acids is 1. The van der Waals surface area contributed by atoms with Crippen molar-refractivity contribution in [3.8, 4) is 5.75 Å². The first-order chi connectivity index (χ1) is 13.5. The SMILES string of the molecule is O=C(N/N=C/c1ccc(OCc2ccc(Br)cc2)c(Br)c1)c1ccc(Cl)cc1. The maximum atomic E-state index is 12.0. The number of nitrogens with zero attached hydrogens (tertiary/aromatic N) is 1. The number of hydrazone groups is 1. The Balaban J connectivity index is 1.57. The number of benzene rings is 3. The van der Waals surface area contributed by atoms with Gasteiger partial charge >= 0.3 is 0 Å². The van der Waals surface area contributed by atoms with Crippen molar-refractivity contribution < 1.29 is 9.53 Å². The lowest BCUT2D eigenvalue weighted by Crippen LogP contribution is -2.17. The molecule has 0 bridgehead atoms. The Hall–Kier alpha value is -2.15. The van der Waals surface area contributed by atoms with Crippen LogP contribution >= 0.6 is 43.5 Å². The van der Waals surface area contributed by atoms with E-state index in [2.05, 4.69) is 42.4 Å². The van der Waals surface area contributed by atoms with Crippen LogP contribution in [0.15, 0.2) is 80.8 Å². The molecule has 1 N–H and O–H groups in total. The number of ether oxygens (including phenoxy) is 1. The Morgan fingerprint density at radius 2 is 1.75 bits per heavy atom. The van der Waals surface area contributed by atoms with Gasteiger partial charge in [0.15, 0.2) is 0 Å². The first kappa shape index (κ1) is 20.6. The number of hydrogen-bond donors (Lipinski definition) is 1. The predicted molar refractivity (Wildman–Crippen MR) is 119 cm³/mol. The van der Waals surface area contributed by atoms with Gasteiger partial charge in [-0.15, -0.1) is 0 Å². The standard InChI is InChI=1S/C21H15Br2ClN2O2/c22-17-6-1-14(2-7-17)13-28-20-10-3-15(11-19(20)23)12-25-26-21(27)16-4-8-18(24)9-5-16/h1-12H,13H2,(H,26,27)/b25-12+. The average molecular weight is 523 g/mol. The van der Waals surface area contributed by atoms with Crippen LogP contribution in [0, 0.1) is 0 Å². The second-order valence-corrected chi connectivity index (χ2v) is 8.02. The van der Waals surface area contributed by atoms with Crippen LogP contribution < -0.4 is 10.2 Å². The van der Waals surface area contributed by atoms with Gasteiger partial charge in [-0.1, -0.05) is 39.7 Å². The molecule has 0 heterocycles. The van der Waals surface area contributed by atoms with Crippen molar-refractivity contribution in [2.75, 3.05) is 0 Å². The van der Waals surface area contributed by atoms with Crippen molar-refractivity contribution in [2.24, 2.45) is 5.10 Å². The molecule has 4 nitrogen and oxygen atoms in total. The fourth-order valence-corrected chi connectivity index (χ4v) is 3.19. The van der Waals surface area contributed by atoms with Gasteiger partial charge in [0.2, 0.25) is 0 Å². The van der Waals surface area contributed by atoms with E-state index in [4.69, 9.17) is 16.3 Å². The second kappa shape index (κ2) is 9.87. The molecule has 0 saturated carbocycles. The summed E-state index contributed by atoms with van der Waals surface area (Å²) < 4.78 is 7.68. The molecule has 0 saturated heterocycles. The molecular weight excluding hydrogens is 508 g/mol. The van der Waals surface area contributed by atoms with Gasteiger partial charge in [0, 0.05) is 15.1 Å². The molecule has 1 amide bonds. The minimum Gasteiger partial charge on any atom is -0.488 e. The van der Waals surface area contributed by atoms with Crippen molar-refractivity contribution in [2.45, 2.75) is 6.61 Å². The molecule has 0 aliphatic carbocycles. The summed E-state index contributed by atoms with van der Waals surface area (Å²) in [5.74, 6) is 0.423. The highest BCUT2D eigenvalue weighted by molar-refractivity contribution is 9.10. The molecule has 0 atom stereocenters. The molecule has 142 valence electrons. The van der Waals surface area contributed by atoms with Crippen LogP contribution in [0.25, 0.3) is 0 Å². The van der Waals surface area contributed by atoms with Gasteiger partial charge in [-0.3, -0.25) is 4.79 Å².